The summed E-state index contributed by atoms with van der Waals surface area (Å²) in [5.41, 5.74) is 0. The summed E-state index contributed by atoms with van der Waals surface area (Å²) in [7, 11) is -3.29. The maximum atomic E-state index is 11.8. The minimum absolute atomic E-state index is 0.103. The molecule has 18 heavy (non-hydrogen) atoms. The third kappa shape index (κ3) is 5.50. The summed E-state index contributed by atoms with van der Waals surface area (Å²) < 4.78 is 27.7. The van der Waals surface area contributed by atoms with E-state index in [1.165, 1.54) is 0 Å². The van der Waals surface area contributed by atoms with Crippen LogP contribution in [-0.4, -0.2) is 36.5 Å². The lowest BCUT2D eigenvalue weighted by Crippen LogP contribution is -2.26. The van der Waals surface area contributed by atoms with Gasteiger partial charge in [0.1, 0.15) is 0 Å². The third-order valence-electron chi connectivity index (χ3n) is 2.37. The highest BCUT2D eigenvalue weighted by atomic mass is 32.2. The molecule has 2 N–H and O–H groups in total. The molecule has 0 aliphatic rings. The standard InChI is InChI=1S/C11H22N4O2S/c1-4-15-8-6-11(13-15)14-18(16,17)9-5-7-12-10(2)3/h6,8,10,12H,4-5,7,9H2,1-3H3,(H,13,14). The number of nitrogens with zero attached hydrogens (tertiary/aromatic N) is 2. The van der Waals surface area contributed by atoms with Crippen molar-refractivity contribution >= 4 is 15.8 Å². The normalized spacial score (nSPS) is 12.0. The van der Waals surface area contributed by atoms with Gasteiger partial charge < -0.3 is 5.32 Å². The van der Waals surface area contributed by atoms with Gasteiger partial charge in [0.05, 0.1) is 5.75 Å². The number of anilines is 1. The summed E-state index contributed by atoms with van der Waals surface area (Å²) in [4.78, 5) is 0. The van der Waals surface area contributed by atoms with Crippen LogP contribution in [-0.2, 0) is 16.6 Å². The van der Waals surface area contributed by atoms with Gasteiger partial charge in [-0.3, -0.25) is 9.40 Å². The molecule has 1 heterocycles. The molecule has 0 saturated heterocycles. The molecule has 1 aromatic rings. The average Bonchev–Trinajstić information content (AvgIpc) is 2.71. The second-order valence-electron chi connectivity index (χ2n) is 4.44. The number of sulfonamides is 1. The summed E-state index contributed by atoms with van der Waals surface area (Å²) in [6.45, 7) is 7.43. The minimum atomic E-state index is -3.29. The van der Waals surface area contributed by atoms with Crippen LogP contribution in [0.4, 0.5) is 5.82 Å². The average molecular weight is 274 g/mol. The van der Waals surface area contributed by atoms with Gasteiger partial charge in [0.2, 0.25) is 10.0 Å². The molecule has 0 saturated carbocycles. The molecule has 0 radical (unpaired) electrons. The van der Waals surface area contributed by atoms with E-state index < -0.39 is 10.0 Å². The molecular weight excluding hydrogens is 252 g/mol. The maximum Gasteiger partial charge on any atom is 0.233 e. The lowest BCUT2D eigenvalue weighted by Gasteiger charge is -2.08. The van der Waals surface area contributed by atoms with E-state index >= 15 is 0 Å². The minimum Gasteiger partial charge on any atom is -0.314 e. The van der Waals surface area contributed by atoms with Crippen molar-refractivity contribution in [1.82, 2.24) is 15.1 Å². The number of hydrogen-bond donors (Lipinski definition) is 2. The second-order valence-corrected chi connectivity index (χ2v) is 6.28. The van der Waals surface area contributed by atoms with Crippen LogP contribution in [0.3, 0.4) is 0 Å². The zero-order valence-electron chi connectivity index (χ0n) is 11.2. The Hall–Kier alpha value is -1.08. The molecule has 1 rings (SSSR count). The Bertz CT molecular complexity index is 453. The monoisotopic (exact) mass is 274 g/mol. The fourth-order valence-corrected chi connectivity index (χ4v) is 2.51. The molecule has 0 unspecified atom stereocenters. The van der Waals surface area contributed by atoms with E-state index in [4.69, 9.17) is 0 Å². The van der Waals surface area contributed by atoms with Crippen molar-refractivity contribution in [3.8, 4) is 0 Å². The van der Waals surface area contributed by atoms with Crippen LogP contribution in [0.2, 0.25) is 0 Å². The lowest BCUT2D eigenvalue weighted by molar-refractivity contribution is 0.570. The first-order valence-corrected chi connectivity index (χ1v) is 7.85. The molecule has 0 aromatic carbocycles. The van der Waals surface area contributed by atoms with Gasteiger partial charge in [-0.25, -0.2) is 8.42 Å². The summed E-state index contributed by atoms with van der Waals surface area (Å²) in [5.74, 6) is 0.486. The summed E-state index contributed by atoms with van der Waals surface area (Å²) in [6, 6.07) is 2.04. The maximum absolute atomic E-state index is 11.8. The first-order chi connectivity index (χ1) is 8.43. The third-order valence-corrected chi connectivity index (χ3v) is 3.71. The summed E-state index contributed by atoms with van der Waals surface area (Å²) in [6.07, 6.45) is 2.33. The van der Waals surface area contributed by atoms with E-state index in [9.17, 15) is 8.42 Å². The number of rotatable bonds is 8. The molecule has 0 aliphatic heterocycles. The number of aromatic nitrogens is 2. The fraction of sp³-hybridized carbons (Fsp3) is 0.727. The number of aryl methyl sites for hydroxylation is 1. The van der Waals surface area contributed by atoms with Gasteiger partial charge in [-0.2, -0.15) is 5.10 Å². The van der Waals surface area contributed by atoms with Crippen molar-refractivity contribution in [1.29, 1.82) is 0 Å². The van der Waals surface area contributed by atoms with Crippen molar-refractivity contribution in [2.45, 2.75) is 39.8 Å². The van der Waals surface area contributed by atoms with Crippen molar-refractivity contribution < 1.29 is 8.42 Å². The molecule has 0 fully saturated rings. The van der Waals surface area contributed by atoms with Gasteiger partial charge in [0, 0.05) is 24.8 Å². The van der Waals surface area contributed by atoms with Gasteiger partial charge in [0.25, 0.3) is 0 Å². The number of hydrogen-bond acceptors (Lipinski definition) is 4. The molecule has 7 heteroatoms. The van der Waals surface area contributed by atoms with E-state index in [-0.39, 0.29) is 5.75 Å². The van der Waals surface area contributed by atoms with Crippen LogP contribution < -0.4 is 10.0 Å². The Morgan fingerprint density at radius 2 is 2.17 bits per heavy atom. The van der Waals surface area contributed by atoms with Crippen molar-refractivity contribution in [2.24, 2.45) is 0 Å². The molecular formula is C11H22N4O2S. The Labute approximate surface area is 109 Å². The number of nitrogens with one attached hydrogen (secondary N) is 2. The fourth-order valence-electron chi connectivity index (χ4n) is 1.46. The van der Waals surface area contributed by atoms with Crippen LogP contribution in [0.15, 0.2) is 12.3 Å². The molecule has 0 atom stereocenters. The zero-order valence-corrected chi connectivity index (χ0v) is 12.0. The van der Waals surface area contributed by atoms with E-state index in [1.54, 1.807) is 16.9 Å². The highest BCUT2D eigenvalue weighted by molar-refractivity contribution is 7.92. The summed E-state index contributed by atoms with van der Waals surface area (Å²) >= 11 is 0. The SMILES string of the molecule is CCn1ccc(NS(=O)(=O)CCCNC(C)C)n1. The van der Waals surface area contributed by atoms with E-state index in [0.29, 0.717) is 24.8 Å². The molecule has 0 aliphatic carbocycles. The van der Waals surface area contributed by atoms with Gasteiger partial charge in [0.15, 0.2) is 5.82 Å². The predicted octanol–water partition coefficient (Wildman–Crippen LogP) is 1.03. The van der Waals surface area contributed by atoms with E-state index in [0.717, 1.165) is 6.54 Å². The molecule has 104 valence electrons. The molecule has 0 bridgehead atoms. The van der Waals surface area contributed by atoms with Gasteiger partial charge in [-0.1, -0.05) is 13.8 Å². The van der Waals surface area contributed by atoms with Crippen molar-refractivity contribution in [3.63, 3.8) is 0 Å². The Morgan fingerprint density at radius 1 is 1.44 bits per heavy atom. The quantitative estimate of drug-likeness (QED) is 0.694. The Morgan fingerprint density at radius 3 is 2.72 bits per heavy atom. The molecule has 6 nitrogen and oxygen atoms in total. The van der Waals surface area contributed by atoms with E-state index in [1.807, 2.05) is 20.8 Å². The predicted molar refractivity (Wildman–Crippen MR) is 73.1 cm³/mol. The topological polar surface area (TPSA) is 76.0 Å². The van der Waals surface area contributed by atoms with Crippen molar-refractivity contribution in [2.75, 3.05) is 17.0 Å². The molecule has 0 spiro atoms. The smallest absolute Gasteiger partial charge is 0.233 e. The van der Waals surface area contributed by atoms with Crippen LogP contribution >= 0.6 is 0 Å². The van der Waals surface area contributed by atoms with Crippen LogP contribution in [0, 0.1) is 0 Å². The summed E-state index contributed by atoms with van der Waals surface area (Å²) in [5, 5.41) is 7.26. The Kier molecular flexibility index (Phi) is 5.61. The van der Waals surface area contributed by atoms with Crippen LogP contribution in [0.5, 0.6) is 0 Å². The first kappa shape index (κ1) is 15.0. The largest absolute Gasteiger partial charge is 0.314 e. The second kappa shape index (κ2) is 6.75. The molecule has 1 aromatic heterocycles. The first-order valence-electron chi connectivity index (χ1n) is 6.20. The lowest BCUT2D eigenvalue weighted by atomic mass is 10.4. The highest BCUT2D eigenvalue weighted by Crippen LogP contribution is 2.06. The van der Waals surface area contributed by atoms with Gasteiger partial charge >= 0.3 is 0 Å². The van der Waals surface area contributed by atoms with Crippen LogP contribution in [0.1, 0.15) is 27.2 Å². The molecule has 0 amide bonds. The Balaban J connectivity index is 2.39. The van der Waals surface area contributed by atoms with Gasteiger partial charge in [-0.15, -0.1) is 0 Å². The van der Waals surface area contributed by atoms with Crippen LogP contribution in [0.25, 0.3) is 0 Å². The highest BCUT2D eigenvalue weighted by Gasteiger charge is 2.11. The zero-order chi connectivity index (χ0) is 13.6. The van der Waals surface area contributed by atoms with Crippen molar-refractivity contribution in [3.05, 3.63) is 12.3 Å². The van der Waals surface area contributed by atoms with Gasteiger partial charge in [-0.05, 0) is 19.9 Å². The van der Waals surface area contributed by atoms with E-state index in [2.05, 4.69) is 15.1 Å².